The van der Waals surface area contributed by atoms with Crippen LogP contribution in [0.25, 0.3) is 0 Å². The molecule has 0 spiro atoms. The molecule has 0 aliphatic heterocycles. The Morgan fingerprint density at radius 1 is 1.15 bits per heavy atom. The molecule has 1 heterocycles. The summed E-state index contributed by atoms with van der Waals surface area (Å²) < 4.78 is 10.3. The standard InChI is InChI=1S/C20H20N2O5/c1-15-4-2-6-17(22-15)9-8-16-5-3-7-18(12-16)27-11-10-21-19(23)13-26-14-20(24)25/h2-7,12H,10-11,13-14H2,1H3,(H,21,23)(H,24,25). The lowest BCUT2D eigenvalue weighted by molar-refractivity contribution is -0.143. The van der Waals surface area contributed by atoms with Gasteiger partial charge in [0.15, 0.2) is 0 Å². The molecule has 0 saturated carbocycles. The van der Waals surface area contributed by atoms with Gasteiger partial charge in [-0.05, 0) is 43.2 Å². The third-order valence-electron chi connectivity index (χ3n) is 3.21. The topological polar surface area (TPSA) is 97.8 Å². The van der Waals surface area contributed by atoms with Crippen molar-refractivity contribution in [1.29, 1.82) is 0 Å². The highest BCUT2D eigenvalue weighted by atomic mass is 16.5. The molecule has 27 heavy (non-hydrogen) atoms. The number of pyridine rings is 1. The molecule has 140 valence electrons. The van der Waals surface area contributed by atoms with Gasteiger partial charge in [-0.25, -0.2) is 9.78 Å². The van der Waals surface area contributed by atoms with Crippen molar-refractivity contribution in [2.45, 2.75) is 6.92 Å². The van der Waals surface area contributed by atoms with Crippen LogP contribution < -0.4 is 10.1 Å². The van der Waals surface area contributed by atoms with Crippen LogP contribution in [0.5, 0.6) is 5.75 Å². The molecule has 2 N–H and O–H groups in total. The molecule has 7 heteroatoms. The first kappa shape index (κ1) is 19.9. The maximum atomic E-state index is 11.4. The maximum Gasteiger partial charge on any atom is 0.329 e. The van der Waals surface area contributed by atoms with E-state index in [0.29, 0.717) is 11.4 Å². The number of amides is 1. The molecule has 0 aliphatic carbocycles. The van der Waals surface area contributed by atoms with Crippen molar-refractivity contribution in [2.75, 3.05) is 26.4 Å². The van der Waals surface area contributed by atoms with Gasteiger partial charge < -0.3 is 19.9 Å². The van der Waals surface area contributed by atoms with Gasteiger partial charge in [0, 0.05) is 11.3 Å². The number of hydrogen-bond donors (Lipinski definition) is 2. The molecular weight excluding hydrogens is 348 g/mol. The minimum Gasteiger partial charge on any atom is -0.492 e. The normalized spacial score (nSPS) is 9.81. The zero-order valence-electron chi connectivity index (χ0n) is 14.9. The van der Waals surface area contributed by atoms with E-state index < -0.39 is 18.5 Å². The van der Waals surface area contributed by atoms with Crippen LogP contribution in [-0.2, 0) is 14.3 Å². The number of rotatable bonds is 8. The van der Waals surface area contributed by atoms with Gasteiger partial charge in [0.05, 0.1) is 6.54 Å². The third-order valence-corrected chi connectivity index (χ3v) is 3.21. The quantitative estimate of drug-likeness (QED) is 0.540. The first-order valence-corrected chi connectivity index (χ1v) is 8.28. The molecule has 1 aromatic heterocycles. The van der Waals surface area contributed by atoms with Gasteiger partial charge in [-0.15, -0.1) is 0 Å². The largest absolute Gasteiger partial charge is 0.492 e. The first-order chi connectivity index (χ1) is 13.0. The van der Waals surface area contributed by atoms with E-state index in [1.54, 1.807) is 12.1 Å². The van der Waals surface area contributed by atoms with Gasteiger partial charge >= 0.3 is 5.97 Å². The molecule has 1 aromatic carbocycles. The Kier molecular flexibility index (Phi) is 7.82. The Bertz CT molecular complexity index is 855. The van der Waals surface area contributed by atoms with Crippen LogP contribution in [-0.4, -0.2) is 48.3 Å². The molecule has 0 saturated heterocycles. The smallest absolute Gasteiger partial charge is 0.329 e. The van der Waals surface area contributed by atoms with Crippen molar-refractivity contribution in [3.8, 4) is 17.6 Å². The van der Waals surface area contributed by atoms with Gasteiger partial charge in [-0.1, -0.05) is 18.1 Å². The molecule has 0 unspecified atom stereocenters. The van der Waals surface area contributed by atoms with Gasteiger partial charge in [0.1, 0.15) is 31.3 Å². The van der Waals surface area contributed by atoms with Gasteiger partial charge in [-0.3, -0.25) is 4.79 Å². The fourth-order valence-electron chi connectivity index (χ4n) is 2.05. The molecule has 0 fully saturated rings. The third kappa shape index (κ3) is 8.03. The zero-order chi connectivity index (χ0) is 19.5. The molecule has 2 aromatic rings. The van der Waals surface area contributed by atoms with E-state index in [2.05, 4.69) is 26.9 Å². The van der Waals surface area contributed by atoms with Crippen molar-refractivity contribution >= 4 is 11.9 Å². The van der Waals surface area contributed by atoms with Gasteiger partial charge in [-0.2, -0.15) is 0 Å². The van der Waals surface area contributed by atoms with E-state index in [-0.39, 0.29) is 19.8 Å². The Labute approximate surface area is 157 Å². The molecule has 0 radical (unpaired) electrons. The summed E-state index contributed by atoms with van der Waals surface area (Å²) in [5.74, 6) is 5.17. The van der Waals surface area contributed by atoms with Crippen LogP contribution in [0.3, 0.4) is 0 Å². The fourth-order valence-corrected chi connectivity index (χ4v) is 2.05. The highest BCUT2D eigenvalue weighted by molar-refractivity contribution is 5.77. The number of carboxylic acids is 1. The SMILES string of the molecule is Cc1cccc(C#Cc2cccc(OCCNC(=O)COCC(=O)O)c2)n1. The van der Waals surface area contributed by atoms with E-state index in [1.165, 1.54) is 0 Å². The van der Waals surface area contributed by atoms with Gasteiger partial charge in [0.2, 0.25) is 5.91 Å². The monoisotopic (exact) mass is 368 g/mol. The maximum absolute atomic E-state index is 11.4. The summed E-state index contributed by atoms with van der Waals surface area (Å²) in [5, 5.41) is 11.0. The van der Waals surface area contributed by atoms with E-state index in [9.17, 15) is 9.59 Å². The Balaban J connectivity index is 1.77. The average molecular weight is 368 g/mol. The minimum absolute atomic E-state index is 0.265. The number of aromatic nitrogens is 1. The summed E-state index contributed by atoms with van der Waals surface area (Å²) in [6.07, 6.45) is 0. The molecule has 2 rings (SSSR count). The van der Waals surface area contributed by atoms with Crippen molar-refractivity contribution in [3.05, 3.63) is 59.4 Å². The number of nitrogens with one attached hydrogen (secondary N) is 1. The second-order valence-electron chi connectivity index (χ2n) is 5.53. The van der Waals surface area contributed by atoms with Crippen LogP contribution in [0, 0.1) is 18.8 Å². The van der Waals surface area contributed by atoms with Crippen molar-refractivity contribution in [3.63, 3.8) is 0 Å². The molecular formula is C20H20N2O5. The summed E-state index contributed by atoms with van der Waals surface area (Å²) in [6.45, 7) is 1.65. The number of carboxylic acid groups (broad SMARTS) is 1. The lowest BCUT2D eigenvalue weighted by Gasteiger charge is -2.08. The predicted octanol–water partition coefficient (Wildman–Crippen LogP) is 1.39. The Hall–Kier alpha value is -3.37. The predicted molar refractivity (Wildman–Crippen MR) is 98.4 cm³/mol. The molecule has 0 aliphatic rings. The summed E-state index contributed by atoms with van der Waals surface area (Å²) in [6, 6.07) is 13.0. The summed E-state index contributed by atoms with van der Waals surface area (Å²) in [4.78, 5) is 26.0. The van der Waals surface area contributed by atoms with Crippen molar-refractivity contribution < 1.29 is 24.2 Å². The van der Waals surface area contributed by atoms with E-state index >= 15 is 0 Å². The van der Waals surface area contributed by atoms with Crippen LogP contribution in [0.1, 0.15) is 17.0 Å². The van der Waals surface area contributed by atoms with Crippen LogP contribution >= 0.6 is 0 Å². The number of benzene rings is 1. The van der Waals surface area contributed by atoms with Crippen LogP contribution in [0.4, 0.5) is 0 Å². The molecule has 1 amide bonds. The number of hydrogen-bond acceptors (Lipinski definition) is 5. The number of ether oxygens (including phenoxy) is 2. The second-order valence-corrected chi connectivity index (χ2v) is 5.53. The number of aryl methyl sites for hydroxylation is 1. The Morgan fingerprint density at radius 2 is 1.96 bits per heavy atom. The molecule has 7 nitrogen and oxygen atoms in total. The first-order valence-electron chi connectivity index (χ1n) is 8.28. The zero-order valence-corrected chi connectivity index (χ0v) is 14.9. The summed E-state index contributed by atoms with van der Waals surface area (Å²) in [7, 11) is 0. The number of carbonyl (C=O) groups is 2. The molecule has 0 atom stereocenters. The van der Waals surface area contributed by atoms with E-state index in [4.69, 9.17) is 9.84 Å². The fraction of sp³-hybridized carbons (Fsp3) is 0.250. The van der Waals surface area contributed by atoms with Gasteiger partial charge in [0.25, 0.3) is 0 Å². The lowest BCUT2D eigenvalue weighted by atomic mass is 10.2. The number of aliphatic carboxylic acids is 1. The number of carbonyl (C=O) groups excluding carboxylic acids is 1. The van der Waals surface area contributed by atoms with Crippen molar-refractivity contribution in [1.82, 2.24) is 10.3 Å². The van der Waals surface area contributed by atoms with Crippen LogP contribution in [0.2, 0.25) is 0 Å². The highest BCUT2D eigenvalue weighted by Gasteiger charge is 2.03. The average Bonchev–Trinajstić information content (AvgIpc) is 2.64. The highest BCUT2D eigenvalue weighted by Crippen LogP contribution is 2.12. The molecule has 0 bridgehead atoms. The second kappa shape index (κ2) is 10.6. The van der Waals surface area contributed by atoms with E-state index in [1.807, 2.05) is 37.3 Å². The van der Waals surface area contributed by atoms with E-state index in [0.717, 1.165) is 11.3 Å². The number of nitrogens with zero attached hydrogens (tertiary/aromatic N) is 1. The van der Waals surface area contributed by atoms with Crippen molar-refractivity contribution in [2.24, 2.45) is 0 Å². The Morgan fingerprint density at radius 3 is 2.74 bits per heavy atom. The summed E-state index contributed by atoms with van der Waals surface area (Å²) >= 11 is 0. The summed E-state index contributed by atoms with van der Waals surface area (Å²) in [5.41, 5.74) is 2.41. The van der Waals surface area contributed by atoms with Crippen LogP contribution in [0.15, 0.2) is 42.5 Å². The lowest BCUT2D eigenvalue weighted by Crippen LogP contribution is -2.31. The minimum atomic E-state index is -1.12.